The largest absolute Gasteiger partial charge is 0.494 e. The summed E-state index contributed by atoms with van der Waals surface area (Å²) in [6.45, 7) is 6.90. The number of aliphatic imine (C=N–C) groups is 1. The van der Waals surface area contributed by atoms with Crippen LogP contribution >= 0.6 is 11.8 Å². The van der Waals surface area contributed by atoms with Crippen LogP contribution in [0.15, 0.2) is 34.2 Å². The highest BCUT2D eigenvalue weighted by molar-refractivity contribution is 8.18. The summed E-state index contributed by atoms with van der Waals surface area (Å²) < 4.78 is 5.58. The molecule has 2 aliphatic rings. The number of hydrogen-bond acceptors (Lipinski definition) is 4. The number of amides is 1. The topological polar surface area (TPSA) is 46.3 Å². The maximum Gasteiger partial charge on any atom is 0.286 e. The van der Waals surface area contributed by atoms with Crippen LogP contribution < -0.4 is 9.64 Å². The van der Waals surface area contributed by atoms with E-state index in [-0.39, 0.29) is 5.91 Å². The fourth-order valence-electron chi connectivity index (χ4n) is 2.64. The Balaban J connectivity index is 1.63. The van der Waals surface area contributed by atoms with E-state index >= 15 is 0 Å². The SMILES string of the molecule is CCCOc1ccc(/C=C2\SC(N3CC[NH+](C)CC3)=NC2=O)cc1. The molecule has 0 aliphatic carbocycles. The van der Waals surface area contributed by atoms with Gasteiger partial charge in [-0.3, -0.25) is 4.79 Å². The standard InChI is InChI=1S/C18H23N3O2S/c1-3-12-23-15-6-4-14(5-7-15)13-16-17(22)19-18(24-16)21-10-8-20(2)9-11-21/h4-7,13H,3,8-12H2,1-2H3/p+1/b16-13-. The van der Waals surface area contributed by atoms with E-state index in [1.807, 2.05) is 30.3 Å². The zero-order chi connectivity index (χ0) is 16.9. The number of amidine groups is 1. The molecule has 1 N–H and O–H groups in total. The minimum absolute atomic E-state index is 0.132. The number of ether oxygens (including phenoxy) is 1. The number of rotatable bonds is 4. The Bertz CT molecular complexity index is 647. The Morgan fingerprint density at radius 2 is 2.00 bits per heavy atom. The zero-order valence-electron chi connectivity index (χ0n) is 14.2. The Morgan fingerprint density at radius 1 is 1.29 bits per heavy atom. The van der Waals surface area contributed by atoms with Crippen molar-refractivity contribution in [1.82, 2.24) is 4.90 Å². The van der Waals surface area contributed by atoms with E-state index in [0.29, 0.717) is 4.91 Å². The van der Waals surface area contributed by atoms with Crippen LogP contribution in [0.25, 0.3) is 6.08 Å². The lowest BCUT2D eigenvalue weighted by Crippen LogP contribution is -3.12. The Hall–Kier alpha value is -1.79. The monoisotopic (exact) mass is 346 g/mol. The summed E-state index contributed by atoms with van der Waals surface area (Å²) in [5.41, 5.74) is 0.994. The van der Waals surface area contributed by atoms with Gasteiger partial charge in [0.05, 0.1) is 44.7 Å². The molecule has 0 radical (unpaired) electrons. The summed E-state index contributed by atoms with van der Waals surface area (Å²) in [5.74, 6) is 0.730. The number of thioether (sulfide) groups is 1. The average molecular weight is 346 g/mol. The number of piperazine rings is 1. The third kappa shape index (κ3) is 4.19. The van der Waals surface area contributed by atoms with E-state index in [0.717, 1.165) is 55.7 Å². The van der Waals surface area contributed by atoms with Crippen LogP contribution in [-0.2, 0) is 4.79 Å². The molecule has 1 aromatic rings. The van der Waals surface area contributed by atoms with E-state index in [4.69, 9.17) is 4.74 Å². The Kier molecular flexibility index (Phi) is 5.58. The number of quaternary nitrogens is 1. The van der Waals surface area contributed by atoms with Gasteiger partial charge in [0, 0.05) is 0 Å². The molecule has 2 aliphatic heterocycles. The van der Waals surface area contributed by atoms with Crippen molar-refractivity contribution >= 4 is 28.9 Å². The second-order valence-corrected chi connectivity index (χ2v) is 7.18. The maximum atomic E-state index is 12.2. The van der Waals surface area contributed by atoms with Gasteiger partial charge in [0.2, 0.25) is 0 Å². The summed E-state index contributed by atoms with van der Waals surface area (Å²) in [4.78, 5) is 20.9. The molecule has 6 heteroatoms. The maximum absolute atomic E-state index is 12.2. The first kappa shape index (κ1) is 17.0. The van der Waals surface area contributed by atoms with Crippen molar-refractivity contribution in [3.8, 4) is 5.75 Å². The normalized spacial score (nSPS) is 20.6. The van der Waals surface area contributed by atoms with Gasteiger partial charge in [0.25, 0.3) is 5.91 Å². The predicted molar refractivity (Wildman–Crippen MR) is 98.4 cm³/mol. The van der Waals surface area contributed by atoms with Gasteiger partial charge in [-0.1, -0.05) is 19.1 Å². The van der Waals surface area contributed by atoms with Crippen LogP contribution in [0.3, 0.4) is 0 Å². The summed E-state index contributed by atoms with van der Waals surface area (Å²) in [5, 5.41) is 0.849. The lowest BCUT2D eigenvalue weighted by atomic mass is 10.2. The molecule has 1 saturated heterocycles. The molecule has 0 saturated carbocycles. The lowest BCUT2D eigenvalue weighted by molar-refractivity contribution is -0.883. The van der Waals surface area contributed by atoms with Crippen molar-refractivity contribution in [3.05, 3.63) is 34.7 Å². The van der Waals surface area contributed by atoms with E-state index < -0.39 is 0 Å². The molecule has 1 aromatic carbocycles. The fourth-order valence-corrected chi connectivity index (χ4v) is 3.61. The molecule has 0 spiro atoms. The molecule has 0 atom stereocenters. The van der Waals surface area contributed by atoms with Crippen LogP contribution in [-0.4, -0.2) is 55.8 Å². The minimum atomic E-state index is -0.132. The fraction of sp³-hybridized carbons (Fsp3) is 0.444. The average Bonchev–Trinajstić information content (AvgIpc) is 2.95. The van der Waals surface area contributed by atoms with Gasteiger partial charge in [-0.15, -0.1) is 0 Å². The van der Waals surface area contributed by atoms with Crippen LogP contribution in [0.4, 0.5) is 0 Å². The number of likely N-dealkylation sites (N-methyl/N-ethyl adjacent to an activating group) is 1. The van der Waals surface area contributed by atoms with E-state index in [9.17, 15) is 4.79 Å². The van der Waals surface area contributed by atoms with Gasteiger partial charge >= 0.3 is 0 Å². The summed E-state index contributed by atoms with van der Waals surface area (Å²) in [6, 6.07) is 7.83. The Morgan fingerprint density at radius 3 is 2.67 bits per heavy atom. The van der Waals surface area contributed by atoms with Gasteiger partial charge in [0.1, 0.15) is 5.75 Å². The molecule has 2 heterocycles. The number of nitrogens with zero attached hydrogens (tertiary/aromatic N) is 2. The van der Waals surface area contributed by atoms with E-state index in [1.165, 1.54) is 16.7 Å². The first-order valence-corrected chi connectivity index (χ1v) is 9.29. The first-order valence-electron chi connectivity index (χ1n) is 8.47. The van der Waals surface area contributed by atoms with Crippen molar-refractivity contribution in [2.75, 3.05) is 39.8 Å². The zero-order valence-corrected chi connectivity index (χ0v) is 15.1. The van der Waals surface area contributed by atoms with E-state index in [2.05, 4.69) is 23.9 Å². The predicted octanol–water partition coefficient (Wildman–Crippen LogP) is 1.28. The summed E-state index contributed by atoms with van der Waals surface area (Å²) in [7, 11) is 2.20. The highest BCUT2D eigenvalue weighted by Gasteiger charge is 2.28. The molecule has 24 heavy (non-hydrogen) atoms. The molecular weight excluding hydrogens is 322 g/mol. The quantitative estimate of drug-likeness (QED) is 0.835. The third-order valence-corrected chi connectivity index (χ3v) is 5.19. The van der Waals surface area contributed by atoms with Crippen molar-refractivity contribution in [2.45, 2.75) is 13.3 Å². The van der Waals surface area contributed by atoms with Crippen LogP contribution in [0, 0.1) is 0 Å². The van der Waals surface area contributed by atoms with Gasteiger partial charge in [0.15, 0.2) is 5.17 Å². The minimum Gasteiger partial charge on any atom is -0.494 e. The molecular formula is C18H24N3O2S+. The van der Waals surface area contributed by atoms with Crippen molar-refractivity contribution in [3.63, 3.8) is 0 Å². The smallest absolute Gasteiger partial charge is 0.286 e. The molecule has 0 unspecified atom stereocenters. The molecule has 128 valence electrons. The van der Waals surface area contributed by atoms with Gasteiger partial charge < -0.3 is 14.5 Å². The number of carbonyl (C=O) groups is 1. The molecule has 1 amide bonds. The molecule has 3 rings (SSSR count). The number of benzene rings is 1. The summed E-state index contributed by atoms with van der Waals surface area (Å²) >= 11 is 1.49. The highest BCUT2D eigenvalue weighted by atomic mass is 32.2. The van der Waals surface area contributed by atoms with Crippen molar-refractivity contribution < 1.29 is 14.4 Å². The van der Waals surface area contributed by atoms with Gasteiger partial charge in [-0.25, -0.2) is 0 Å². The second kappa shape index (κ2) is 7.85. The lowest BCUT2D eigenvalue weighted by Gasteiger charge is -2.30. The third-order valence-electron chi connectivity index (χ3n) is 4.15. The molecule has 5 nitrogen and oxygen atoms in total. The second-order valence-electron chi connectivity index (χ2n) is 6.17. The van der Waals surface area contributed by atoms with E-state index in [1.54, 1.807) is 0 Å². The number of carbonyl (C=O) groups excluding carboxylic acids is 1. The first-order chi connectivity index (χ1) is 11.7. The van der Waals surface area contributed by atoms with Gasteiger partial charge in [-0.05, 0) is 42.0 Å². The highest BCUT2D eigenvalue weighted by Crippen LogP contribution is 2.30. The van der Waals surface area contributed by atoms with Crippen LogP contribution in [0.5, 0.6) is 5.75 Å². The summed E-state index contributed by atoms with van der Waals surface area (Å²) in [6.07, 6.45) is 2.90. The van der Waals surface area contributed by atoms with Crippen LogP contribution in [0.2, 0.25) is 0 Å². The van der Waals surface area contributed by atoms with Gasteiger partial charge in [-0.2, -0.15) is 4.99 Å². The number of nitrogens with one attached hydrogen (secondary N) is 1. The van der Waals surface area contributed by atoms with Crippen molar-refractivity contribution in [1.29, 1.82) is 0 Å². The molecule has 0 aromatic heterocycles. The molecule has 1 fully saturated rings. The number of hydrogen-bond donors (Lipinski definition) is 1. The Labute approximate surface area is 147 Å². The van der Waals surface area contributed by atoms with Crippen LogP contribution in [0.1, 0.15) is 18.9 Å². The van der Waals surface area contributed by atoms with Crippen molar-refractivity contribution in [2.24, 2.45) is 4.99 Å². The molecule has 0 bridgehead atoms.